The van der Waals surface area contributed by atoms with Gasteiger partial charge in [0, 0.05) is 31.6 Å². The predicted octanol–water partition coefficient (Wildman–Crippen LogP) is 5.75. The Kier molecular flexibility index (Phi) is 8.04. The van der Waals surface area contributed by atoms with E-state index >= 15 is 0 Å². The lowest BCUT2D eigenvalue weighted by Gasteiger charge is -2.29. The van der Waals surface area contributed by atoms with Crippen molar-refractivity contribution in [1.82, 2.24) is 5.32 Å². The number of benzene rings is 4. The van der Waals surface area contributed by atoms with Crippen LogP contribution in [-0.2, 0) is 16.1 Å². The molecule has 1 heterocycles. The second-order valence-electron chi connectivity index (χ2n) is 9.51. The van der Waals surface area contributed by atoms with Crippen LogP contribution in [0.25, 0.3) is 10.8 Å². The van der Waals surface area contributed by atoms with Crippen LogP contribution < -0.4 is 10.1 Å². The lowest BCUT2D eigenvalue weighted by molar-refractivity contribution is -0.129. The highest BCUT2D eigenvalue weighted by Gasteiger charge is 2.52. The van der Waals surface area contributed by atoms with Crippen molar-refractivity contribution in [3.63, 3.8) is 0 Å². The van der Waals surface area contributed by atoms with Gasteiger partial charge in [0.25, 0.3) is 5.91 Å². The number of aliphatic imine (C=N–C) groups is 1. The molecular formula is C33H32N2O4. The Hall–Kier alpha value is -4.42. The fourth-order valence-corrected chi connectivity index (χ4v) is 4.94. The second-order valence-corrected chi connectivity index (χ2v) is 9.51. The molecule has 4 aromatic rings. The highest BCUT2D eigenvalue weighted by atomic mass is 16.5. The Bertz CT molecular complexity index is 1460. The van der Waals surface area contributed by atoms with Crippen LogP contribution in [0.5, 0.6) is 5.75 Å². The topological polar surface area (TPSA) is 80.2 Å². The predicted molar refractivity (Wildman–Crippen MR) is 154 cm³/mol. The first-order valence-electron chi connectivity index (χ1n) is 13.2. The highest BCUT2D eigenvalue weighted by molar-refractivity contribution is 6.01. The molecule has 1 aliphatic heterocycles. The van der Waals surface area contributed by atoms with Crippen LogP contribution in [0, 0.1) is 0 Å². The Balaban J connectivity index is 1.46. The van der Waals surface area contributed by atoms with Crippen molar-refractivity contribution in [2.75, 3.05) is 13.2 Å². The molecule has 5 rings (SSSR count). The average molecular weight is 521 g/mol. The Morgan fingerprint density at radius 3 is 2.51 bits per heavy atom. The van der Waals surface area contributed by atoms with Gasteiger partial charge in [0.05, 0.1) is 6.61 Å². The summed E-state index contributed by atoms with van der Waals surface area (Å²) in [6, 6.07) is 31.4. The molecule has 0 saturated carbocycles. The molecule has 2 N–H and O–H groups in total. The van der Waals surface area contributed by atoms with Gasteiger partial charge in [-0.1, -0.05) is 78.9 Å². The van der Waals surface area contributed by atoms with E-state index in [2.05, 4.69) is 30.1 Å². The van der Waals surface area contributed by atoms with Crippen LogP contribution in [0.15, 0.2) is 115 Å². The Morgan fingerprint density at radius 2 is 1.74 bits per heavy atom. The molecule has 0 aromatic heterocycles. The molecule has 6 heteroatoms. The SMILES string of the molecule is C=CC[C@@]1(C(=O)NCc2cccc3ccccc23)N=C(c2ccc(OCCCO)cc2)O[C@@H]1c1ccccc1. The zero-order valence-electron chi connectivity index (χ0n) is 21.8. The van der Waals surface area contributed by atoms with Crippen LogP contribution in [0.3, 0.4) is 0 Å². The Morgan fingerprint density at radius 1 is 1.00 bits per heavy atom. The smallest absolute Gasteiger partial charge is 0.252 e. The van der Waals surface area contributed by atoms with Crippen molar-refractivity contribution in [3.05, 3.63) is 126 Å². The van der Waals surface area contributed by atoms with Crippen molar-refractivity contribution < 1.29 is 19.4 Å². The summed E-state index contributed by atoms with van der Waals surface area (Å²) in [5.74, 6) is 0.867. The fourth-order valence-electron chi connectivity index (χ4n) is 4.94. The van der Waals surface area contributed by atoms with E-state index in [9.17, 15) is 4.79 Å². The van der Waals surface area contributed by atoms with Gasteiger partial charge in [0.1, 0.15) is 5.75 Å². The van der Waals surface area contributed by atoms with Crippen LogP contribution in [-0.4, -0.2) is 35.7 Å². The van der Waals surface area contributed by atoms with E-state index in [4.69, 9.17) is 19.6 Å². The molecule has 0 radical (unpaired) electrons. The summed E-state index contributed by atoms with van der Waals surface area (Å²) >= 11 is 0. The number of nitrogens with one attached hydrogen (secondary N) is 1. The quantitative estimate of drug-likeness (QED) is 0.195. The number of nitrogens with zero attached hydrogens (tertiary/aromatic N) is 1. The van der Waals surface area contributed by atoms with Gasteiger partial charge < -0.3 is 19.9 Å². The molecule has 0 spiro atoms. The molecule has 2 atom stereocenters. The normalized spacial score (nSPS) is 18.3. The molecule has 4 aromatic carbocycles. The standard InChI is InChI=1S/C33H32N2O4/c1-2-20-33(32(37)34-23-27-14-8-13-24-10-6-7-15-29(24)27)30(25-11-4-3-5-12-25)39-31(35-33)26-16-18-28(19-17-26)38-22-9-21-36/h2-8,10-19,30,36H,1,9,20-23H2,(H,34,37)/t30-,33-/m1/s1. The molecule has 6 nitrogen and oxygen atoms in total. The van der Waals surface area contributed by atoms with Gasteiger partial charge in [-0.25, -0.2) is 4.99 Å². The minimum Gasteiger partial charge on any atom is -0.494 e. The first kappa shape index (κ1) is 26.2. The van der Waals surface area contributed by atoms with Gasteiger partial charge in [0.2, 0.25) is 5.90 Å². The number of ether oxygens (including phenoxy) is 2. The van der Waals surface area contributed by atoms with Crippen molar-refractivity contribution in [3.8, 4) is 5.75 Å². The summed E-state index contributed by atoms with van der Waals surface area (Å²) in [6.07, 6.45) is 1.97. The summed E-state index contributed by atoms with van der Waals surface area (Å²) in [7, 11) is 0. The molecule has 0 aliphatic carbocycles. The van der Waals surface area contributed by atoms with Crippen LogP contribution >= 0.6 is 0 Å². The van der Waals surface area contributed by atoms with Gasteiger partial charge >= 0.3 is 0 Å². The van der Waals surface area contributed by atoms with Gasteiger partial charge in [-0.05, 0) is 46.2 Å². The van der Waals surface area contributed by atoms with E-state index in [0.29, 0.717) is 37.6 Å². The number of hydrogen-bond donors (Lipinski definition) is 2. The van der Waals surface area contributed by atoms with E-state index in [1.807, 2.05) is 78.9 Å². The molecule has 0 fully saturated rings. The number of aliphatic hydroxyl groups is 1. The van der Waals surface area contributed by atoms with E-state index in [-0.39, 0.29) is 12.5 Å². The van der Waals surface area contributed by atoms with Gasteiger partial charge in [-0.3, -0.25) is 4.79 Å². The summed E-state index contributed by atoms with van der Waals surface area (Å²) in [5, 5.41) is 14.4. The highest BCUT2D eigenvalue weighted by Crippen LogP contribution is 2.42. The Labute approximate surface area is 228 Å². The van der Waals surface area contributed by atoms with Gasteiger partial charge in [0.15, 0.2) is 11.6 Å². The number of rotatable bonds is 11. The number of amides is 1. The number of carbonyl (C=O) groups excluding carboxylic acids is 1. The third-order valence-electron chi connectivity index (χ3n) is 6.91. The maximum atomic E-state index is 14.0. The lowest BCUT2D eigenvalue weighted by Crippen LogP contribution is -2.47. The second kappa shape index (κ2) is 12.0. The largest absolute Gasteiger partial charge is 0.494 e. The van der Waals surface area contributed by atoms with Gasteiger partial charge in [-0.2, -0.15) is 0 Å². The first-order valence-corrected chi connectivity index (χ1v) is 13.2. The summed E-state index contributed by atoms with van der Waals surface area (Å²) in [5.41, 5.74) is 1.42. The number of aliphatic hydroxyl groups excluding tert-OH is 1. The minimum atomic E-state index is -1.22. The van der Waals surface area contributed by atoms with Crippen LogP contribution in [0.4, 0.5) is 0 Å². The first-order chi connectivity index (χ1) is 19.1. The molecule has 0 unspecified atom stereocenters. The summed E-state index contributed by atoms with van der Waals surface area (Å²) < 4.78 is 12.1. The molecule has 39 heavy (non-hydrogen) atoms. The van der Waals surface area contributed by atoms with Crippen LogP contribution in [0.1, 0.15) is 35.6 Å². The van der Waals surface area contributed by atoms with E-state index in [1.165, 1.54) is 0 Å². The van der Waals surface area contributed by atoms with Crippen molar-refractivity contribution in [2.24, 2.45) is 4.99 Å². The molecule has 1 aliphatic rings. The third kappa shape index (κ3) is 5.56. The zero-order valence-corrected chi connectivity index (χ0v) is 21.8. The fraction of sp³-hybridized carbons (Fsp3) is 0.212. The van der Waals surface area contributed by atoms with E-state index < -0.39 is 11.6 Å². The molecule has 1 amide bonds. The molecule has 0 saturated heterocycles. The zero-order chi connectivity index (χ0) is 27.1. The maximum Gasteiger partial charge on any atom is 0.252 e. The lowest BCUT2D eigenvalue weighted by atomic mass is 9.84. The minimum absolute atomic E-state index is 0.0809. The van der Waals surface area contributed by atoms with Crippen molar-refractivity contribution in [1.29, 1.82) is 0 Å². The summed E-state index contributed by atoms with van der Waals surface area (Å²) in [4.78, 5) is 19.0. The third-order valence-corrected chi connectivity index (χ3v) is 6.91. The molecule has 0 bridgehead atoms. The molecule has 198 valence electrons. The molecular weight excluding hydrogens is 488 g/mol. The number of hydrogen-bond acceptors (Lipinski definition) is 5. The van der Waals surface area contributed by atoms with Crippen molar-refractivity contribution in [2.45, 2.75) is 31.0 Å². The van der Waals surface area contributed by atoms with Crippen LogP contribution in [0.2, 0.25) is 0 Å². The number of carbonyl (C=O) groups is 1. The maximum absolute atomic E-state index is 14.0. The van der Waals surface area contributed by atoms with E-state index in [0.717, 1.165) is 27.5 Å². The number of fused-ring (bicyclic) bond motifs is 1. The monoisotopic (exact) mass is 520 g/mol. The van der Waals surface area contributed by atoms with E-state index in [1.54, 1.807) is 6.08 Å². The average Bonchev–Trinajstić information content (AvgIpc) is 3.37. The summed E-state index contributed by atoms with van der Waals surface area (Å²) in [6.45, 7) is 4.83. The van der Waals surface area contributed by atoms with Crippen molar-refractivity contribution >= 4 is 22.6 Å². The van der Waals surface area contributed by atoms with Gasteiger partial charge in [-0.15, -0.1) is 6.58 Å².